The summed E-state index contributed by atoms with van der Waals surface area (Å²) in [6, 6.07) is 14.9. The highest BCUT2D eigenvalue weighted by Crippen LogP contribution is 2.23. The first-order valence-electron chi connectivity index (χ1n) is 8.22. The van der Waals surface area contributed by atoms with Crippen molar-refractivity contribution in [2.75, 3.05) is 11.6 Å². The van der Waals surface area contributed by atoms with Gasteiger partial charge in [0.1, 0.15) is 0 Å². The van der Waals surface area contributed by atoms with Gasteiger partial charge in [0.05, 0.1) is 29.3 Å². The Morgan fingerprint density at radius 2 is 1.85 bits per heavy atom. The molecule has 26 heavy (non-hydrogen) atoms. The van der Waals surface area contributed by atoms with Crippen LogP contribution in [0.15, 0.2) is 69.9 Å². The Bertz CT molecular complexity index is 860. The van der Waals surface area contributed by atoms with Gasteiger partial charge in [-0.25, -0.2) is 4.79 Å². The molecule has 0 radical (unpaired) electrons. The average molecular weight is 350 g/mol. The van der Waals surface area contributed by atoms with Crippen LogP contribution in [0.25, 0.3) is 0 Å². The Morgan fingerprint density at radius 1 is 1.15 bits per heavy atom. The Morgan fingerprint density at radius 3 is 2.50 bits per heavy atom. The van der Waals surface area contributed by atoms with Crippen LogP contribution in [0.5, 0.6) is 0 Å². The summed E-state index contributed by atoms with van der Waals surface area (Å²) in [5.74, 6) is -0.635. The summed E-state index contributed by atoms with van der Waals surface area (Å²) in [7, 11) is 0. The lowest BCUT2D eigenvalue weighted by Gasteiger charge is -2.11. The fourth-order valence-electron chi connectivity index (χ4n) is 2.45. The maximum atomic E-state index is 12.5. The van der Waals surface area contributed by atoms with E-state index in [4.69, 9.17) is 4.74 Å². The third-order valence-corrected chi connectivity index (χ3v) is 3.76. The molecule has 2 aromatic rings. The molecule has 1 aliphatic rings. The highest BCUT2D eigenvalue weighted by Gasteiger charge is 2.34. The minimum absolute atomic E-state index is 0.249. The first-order chi connectivity index (χ1) is 12.6. The van der Waals surface area contributed by atoms with Crippen LogP contribution in [0, 0.1) is 0 Å². The van der Waals surface area contributed by atoms with Crippen molar-refractivity contribution in [1.82, 2.24) is 0 Å². The minimum atomic E-state index is -0.750. The number of anilines is 1. The number of para-hydroxylation sites is 1. The topological polar surface area (TPSA) is 83.7 Å². The van der Waals surface area contributed by atoms with Crippen LogP contribution in [0.4, 0.5) is 11.4 Å². The van der Waals surface area contributed by atoms with Gasteiger partial charge in [0.2, 0.25) is 0 Å². The molecule has 0 bridgehead atoms. The predicted octanol–water partition coefficient (Wildman–Crippen LogP) is 3.74. The number of hydrogen-bond acceptors (Lipinski definition) is 6. The molecule has 0 unspecified atom stereocenters. The number of hydrazone groups is 1. The SMILES string of the molecule is CCOC(=O)c1ccc(N=N[C@@H]2C(=O)N(c3ccccc3)N=C2C)cc1. The third kappa shape index (κ3) is 3.66. The molecule has 1 aliphatic heterocycles. The van der Waals surface area contributed by atoms with Crippen molar-refractivity contribution >= 4 is 29.0 Å². The Kier molecular flexibility index (Phi) is 5.17. The maximum absolute atomic E-state index is 12.5. The van der Waals surface area contributed by atoms with E-state index < -0.39 is 6.04 Å². The van der Waals surface area contributed by atoms with Crippen LogP contribution in [0.1, 0.15) is 24.2 Å². The van der Waals surface area contributed by atoms with Gasteiger partial charge in [0.25, 0.3) is 5.91 Å². The van der Waals surface area contributed by atoms with Crippen molar-refractivity contribution < 1.29 is 14.3 Å². The highest BCUT2D eigenvalue weighted by molar-refractivity contribution is 6.18. The quantitative estimate of drug-likeness (QED) is 0.608. The molecule has 0 aromatic heterocycles. The lowest BCUT2D eigenvalue weighted by Crippen LogP contribution is -2.29. The van der Waals surface area contributed by atoms with Crippen LogP contribution in [-0.4, -0.2) is 30.2 Å². The van der Waals surface area contributed by atoms with Gasteiger partial charge in [0.15, 0.2) is 6.04 Å². The third-order valence-electron chi connectivity index (χ3n) is 3.76. The number of nitrogens with zero attached hydrogens (tertiary/aromatic N) is 4. The second-order valence-electron chi connectivity index (χ2n) is 5.61. The zero-order valence-corrected chi connectivity index (χ0v) is 14.5. The highest BCUT2D eigenvalue weighted by atomic mass is 16.5. The van der Waals surface area contributed by atoms with Crippen molar-refractivity contribution in [1.29, 1.82) is 0 Å². The molecule has 0 fully saturated rings. The first kappa shape index (κ1) is 17.5. The minimum Gasteiger partial charge on any atom is -0.462 e. The average Bonchev–Trinajstić information content (AvgIpc) is 2.95. The number of esters is 1. The standard InChI is InChI=1S/C19H18N4O3/c1-3-26-19(25)14-9-11-15(12-10-14)20-21-17-13(2)22-23(18(17)24)16-7-5-4-6-8-16/h4-12,17H,3H2,1-2H3/t17-/m0/s1. The van der Waals surface area contributed by atoms with Gasteiger partial charge in [0, 0.05) is 0 Å². The number of rotatable bonds is 5. The molecule has 0 saturated carbocycles. The van der Waals surface area contributed by atoms with Gasteiger partial charge < -0.3 is 4.74 Å². The molecule has 7 heteroatoms. The molecule has 0 N–H and O–H groups in total. The van der Waals surface area contributed by atoms with E-state index >= 15 is 0 Å². The summed E-state index contributed by atoms with van der Waals surface area (Å²) < 4.78 is 4.93. The van der Waals surface area contributed by atoms with Crippen LogP contribution >= 0.6 is 0 Å². The van der Waals surface area contributed by atoms with Crippen molar-refractivity contribution in [3.05, 3.63) is 60.2 Å². The van der Waals surface area contributed by atoms with Crippen LogP contribution in [-0.2, 0) is 9.53 Å². The fourth-order valence-corrected chi connectivity index (χ4v) is 2.45. The molecule has 132 valence electrons. The Labute approximate surface area is 151 Å². The van der Waals surface area contributed by atoms with Crippen LogP contribution < -0.4 is 5.01 Å². The molecule has 1 atom stereocenters. The smallest absolute Gasteiger partial charge is 0.338 e. The van der Waals surface area contributed by atoms with Crippen molar-refractivity contribution in [3.8, 4) is 0 Å². The molecule has 1 amide bonds. The van der Waals surface area contributed by atoms with Gasteiger partial charge in [-0.05, 0) is 50.2 Å². The molecular formula is C19H18N4O3. The van der Waals surface area contributed by atoms with E-state index in [1.807, 2.05) is 30.3 Å². The van der Waals surface area contributed by atoms with E-state index in [9.17, 15) is 9.59 Å². The molecule has 0 spiro atoms. The number of ether oxygens (including phenoxy) is 1. The molecule has 3 rings (SSSR count). The molecular weight excluding hydrogens is 332 g/mol. The monoisotopic (exact) mass is 350 g/mol. The van der Waals surface area contributed by atoms with Gasteiger partial charge in [-0.3, -0.25) is 4.79 Å². The number of carbonyl (C=O) groups is 2. The second-order valence-corrected chi connectivity index (χ2v) is 5.61. The summed E-state index contributed by atoms with van der Waals surface area (Å²) in [4.78, 5) is 24.2. The van der Waals surface area contributed by atoms with Gasteiger partial charge in [-0.15, -0.1) is 0 Å². The Balaban J connectivity index is 1.72. The number of carbonyl (C=O) groups excluding carboxylic acids is 2. The summed E-state index contributed by atoms with van der Waals surface area (Å²) in [6.45, 7) is 3.82. The zero-order chi connectivity index (χ0) is 18.5. The summed E-state index contributed by atoms with van der Waals surface area (Å²) in [6.07, 6.45) is 0. The van der Waals surface area contributed by atoms with Gasteiger partial charge >= 0.3 is 5.97 Å². The zero-order valence-electron chi connectivity index (χ0n) is 14.5. The van der Waals surface area contributed by atoms with Crippen LogP contribution in [0.3, 0.4) is 0 Å². The van der Waals surface area contributed by atoms with Crippen molar-refractivity contribution in [3.63, 3.8) is 0 Å². The molecule has 0 aliphatic carbocycles. The lowest BCUT2D eigenvalue weighted by molar-refractivity contribution is -0.117. The fraction of sp³-hybridized carbons (Fsp3) is 0.211. The molecule has 0 saturated heterocycles. The molecule has 7 nitrogen and oxygen atoms in total. The first-order valence-corrected chi connectivity index (χ1v) is 8.22. The number of azo groups is 1. The normalized spacial score (nSPS) is 16.8. The lowest BCUT2D eigenvalue weighted by atomic mass is 10.2. The second kappa shape index (κ2) is 7.69. The number of benzene rings is 2. The predicted molar refractivity (Wildman–Crippen MR) is 97.7 cm³/mol. The van der Waals surface area contributed by atoms with Crippen molar-refractivity contribution in [2.45, 2.75) is 19.9 Å². The maximum Gasteiger partial charge on any atom is 0.338 e. The van der Waals surface area contributed by atoms with Gasteiger partial charge in [-0.1, -0.05) is 18.2 Å². The Hall–Kier alpha value is -3.35. The van der Waals surface area contributed by atoms with E-state index in [1.54, 1.807) is 38.1 Å². The van der Waals surface area contributed by atoms with Crippen molar-refractivity contribution in [2.24, 2.45) is 15.3 Å². The van der Waals surface area contributed by atoms with E-state index in [0.717, 1.165) is 0 Å². The van der Waals surface area contributed by atoms with Crippen LogP contribution in [0.2, 0.25) is 0 Å². The summed E-state index contributed by atoms with van der Waals surface area (Å²) >= 11 is 0. The molecule has 1 heterocycles. The largest absolute Gasteiger partial charge is 0.462 e. The molecule has 2 aromatic carbocycles. The van der Waals surface area contributed by atoms with E-state index in [0.29, 0.717) is 29.3 Å². The summed E-state index contributed by atoms with van der Waals surface area (Å²) in [5, 5.41) is 13.8. The van der Waals surface area contributed by atoms with E-state index in [2.05, 4.69) is 15.3 Å². The van der Waals surface area contributed by atoms with E-state index in [-0.39, 0.29) is 11.9 Å². The van der Waals surface area contributed by atoms with E-state index in [1.165, 1.54) is 5.01 Å². The number of hydrogen-bond donors (Lipinski definition) is 0. The van der Waals surface area contributed by atoms with Gasteiger partial charge in [-0.2, -0.15) is 20.3 Å². The number of amides is 1. The summed E-state index contributed by atoms with van der Waals surface area (Å²) in [5.41, 5.74) is 2.24.